The van der Waals surface area contributed by atoms with E-state index < -0.39 is 6.09 Å². The number of methoxy groups -OCH3 is 1. The van der Waals surface area contributed by atoms with E-state index in [2.05, 4.69) is 26.3 Å². The molecule has 1 aliphatic rings. The highest BCUT2D eigenvalue weighted by atomic mass is 16.6. The van der Waals surface area contributed by atoms with Crippen LogP contribution in [-0.2, 0) is 11.2 Å². The minimum atomic E-state index is -0.417. The zero-order valence-electron chi connectivity index (χ0n) is 20.6. The van der Waals surface area contributed by atoms with Crippen LogP contribution in [0.4, 0.5) is 4.79 Å². The summed E-state index contributed by atoms with van der Waals surface area (Å²) < 4.78 is 16.7. The average Bonchev–Trinajstić information content (AvgIpc) is 3.50. The Bertz CT molecular complexity index is 1480. The fraction of sp³-hybridized carbons (Fsp3) is 0.296. The summed E-state index contributed by atoms with van der Waals surface area (Å²) in [6.07, 6.45) is 2.84. The highest BCUT2D eigenvalue weighted by Crippen LogP contribution is 2.39. The zero-order chi connectivity index (χ0) is 25.4. The summed E-state index contributed by atoms with van der Waals surface area (Å²) >= 11 is 0. The van der Waals surface area contributed by atoms with Gasteiger partial charge >= 0.3 is 6.09 Å². The van der Waals surface area contributed by atoms with Crippen LogP contribution in [-0.4, -0.2) is 54.8 Å². The Hall–Kier alpha value is -4.11. The summed E-state index contributed by atoms with van der Waals surface area (Å²) in [5.74, 6) is 1.09. The third kappa shape index (κ3) is 4.22. The number of ether oxygens (including phenoxy) is 2. The van der Waals surface area contributed by atoms with Crippen molar-refractivity contribution in [2.45, 2.75) is 25.5 Å². The molecule has 0 spiro atoms. The predicted octanol–water partition coefficient (Wildman–Crippen LogP) is 4.13. The molecule has 0 bridgehead atoms. The molecule has 0 radical (unpaired) electrons. The first-order valence-corrected chi connectivity index (χ1v) is 11.8. The molecular formula is C27H28N4O5. The molecule has 9 heteroatoms. The topological polar surface area (TPSA) is 110 Å². The summed E-state index contributed by atoms with van der Waals surface area (Å²) in [5, 5.41) is 3.22. The normalized spacial score (nSPS) is 16.8. The number of likely N-dealkylation sites (N-methyl/N-ethyl adjacent to an activating group) is 1. The molecule has 5 rings (SSSR count). The van der Waals surface area contributed by atoms with Crippen LogP contribution in [0.5, 0.6) is 5.75 Å². The van der Waals surface area contributed by atoms with Crippen LogP contribution in [0.25, 0.3) is 33.5 Å². The van der Waals surface area contributed by atoms with Gasteiger partial charge in [-0.2, -0.15) is 0 Å². The van der Waals surface area contributed by atoms with Gasteiger partial charge in [-0.25, -0.2) is 9.78 Å². The van der Waals surface area contributed by atoms with Gasteiger partial charge in [0.25, 0.3) is 0 Å². The number of hydrogen-bond donors (Lipinski definition) is 2. The number of benzene rings is 2. The number of H-pyrrole nitrogens is 1. The van der Waals surface area contributed by atoms with Crippen LogP contribution in [0.2, 0.25) is 0 Å². The summed E-state index contributed by atoms with van der Waals surface area (Å²) in [4.78, 5) is 34.7. The lowest BCUT2D eigenvalue weighted by Gasteiger charge is -2.27. The summed E-state index contributed by atoms with van der Waals surface area (Å²) in [6.45, 7) is 2.37. The third-order valence-electron chi connectivity index (χ3n) is 6.53. The number of nitrogens with zero attached hydrogens (tertiary/aromatic N) is 2. The van der Waals surface area contributed by atoms with E-state index in [-0.39, 0.29) is 17.6 Å². The fourth-order valence-electron chi connectivity index (χ4n) is 4.94. The second-order valence-electron chi connectivity index (χ2n) is 9.01. The van der Waals surface area contributed by atoms with Crippen molar-refractivity contribution in [3.8, 4) is 28.3 Å². The number of nitrogens with one attached hydrogen (secondary N) is 2. The number of fused-ring (bicyclic) bond motifs is 2. The van der Waals surface area contributed by atoms with E-state index in [1.54, 1.807) is 31.5 Å². The van der Waals surface area contributed by atoms with Crippen LogP contribution in [0, 0.1) is 0 Å². The van der Waals surface area contributed by atoms with E-state index in [0.717, 1.165) is 16.7 Å². The number of aromatic nitrogens is 2. The summed E-state index contributed by atoms with van der Waals surface area (Å²) in [7, 11) is 5.51. The molecule has 2 aromatic carbocycles. The van der Waals surface area contributed by atoms with E-state index in [9.17, 15) is 9.59 Å². The van der Waals surface area contributed by atoms with Crippen molar-refractivity contribution >= 4 is 17.0 Å². The molecule has 4 aromatic rings. The molecule has 2 heterocycles. The van der Waals surface area contributed by atoms with Crippen LogP contribution < -0.4 is 15.5 Å². The van der Waals surface area contributed by atoms with Crippen molar-refractivity contribution in [1.29, 1.82) is 0 Å². The molecule has 36 heavy (non-hydrogen) atoms. The minimum absolute atomic E-state index is 0.0979. The molecule has 2 aromatic heterocycles. The van der Waals surface area contributed by atoms with Crippen molar-refractivity contribution in [2.24, 2.45) is 0 Å². The maximum absolute atomic E-state index is 13.2. The molecule has 9 nitrogen and oxygen atoms in total. The van der Waals surface area contributed by atoms with Crippen LogP contribution in [0.3, 0.4) is 0 Å². The van der Waals surface area contributed by atoms with E-state index in [1.807, 2.05) is 33.2 Å². The van der Waals surface area contributed by atoms with Crippen LogP contribution in [0.15, 0.2) is 58.2 Å². The van der Waals surface area contributed by atoms with Gasteiger partial charge in [0.1, 0.15) is 11.9 Å². The monoisotopic (exact) mass is 488 g/mol. The van der Waals surface area contributed by atoms with Crippen LogP contribution >= 0.6 is 0 Å². The molecular weight excluding hydrogens is 460 g/mol. The van der Waals surface area contributed by atoms with Gasteiger partial charge in [0.15, 0.2) is 17.6 Å². The Morgan fingerprint density at radius 1 is 1.25 bits per heavy atom. The molecule has 2 N–H and O–H groups in total. The van der Waals surface area contributed by atoms with Gasteiger partial charge in [0.05, 0.1) is 30.4 Å². The van der Waals surface area contributed by atoms with Crippen molar-refractivity contribution in [1.82, 2.24) is 20.2 Å². The smallest absolute Gasteiger partial charge is 0.407 e. The van der Waals surface area contributed by atoms with Gasteiger partial charge in [0, 0.05) is 36.2 Å². The lowest BCUT2D eigenvalue weighted by atomic mass is 10.0. The largest absolute Gasteiger partial charge is 0.496 e. The first-order chi connectivity index (χ1) is 17.4. The number of carbonyl (C=O) groups excluding carboxylic acids is 1. The SMILES string of the molecule is CCNC(=O)O[C@@H]1Cc2ccc(-c3cc(=O)c4cc(-c5cnco5)c(OC)cc4[nH]3)cc2[C@H]1N(C)C. The lowest BCUT2D eigenvalue weighted by Crippen LogP contribution is -2.35. The highest BCUT2D eigenvalue weighted by molar-refractivity contribution is 5.88. The Labute approximate surface area is 208 Å². The molecule has 0 saturated carbocycles. The Balaban J connectivity index is 1.54. The van der Waals surface area contributed by atoms with E-state index in [4.69, 9.17) is 13.9 Å². The fourth-order valence-corrected chi connectivity index (χ4v) is 4.94. The van der Waals surface area contributed by atoms with Crippen molar-refractivity contribution in [3.05, 3.63) is 70.3 Å². The molecule has 186 valence electrons. The molecule has 1 amide bonds. The molecule has 0 unspecified atom stereocenters. The van der Waals surface area contributed by atoms with Gasteiger partial charge in [-0.15, -0.1) is 0 Å². The maximum atomic E-state index is 13.2. The molecule has 0 saturated heterocycles. The van der Waals surface area contributed by atoms with Gasteiger partial charge in [0.2, 0.25) is 0 Å². The zero-order valence-corrected chi connectivity index (χ0v) is 20.6. The average molecular weight is 489 g/mol. The lowest BCUT2D eigenvalue weighted by molar-refractivity contribution is 0.0538. The first kappa shape index (κ1) is 23.6. The van der Waals surface area contributed by atoms with Crippen molar-refractivity contribution in [3.63, 3.8) is 0 Å². The van der Waals surface area contributed by atoms with E-state index in [0.29, 0.717) is 46.6 Å². The quantitative estimate of drug-likeness (QED) is 0.420. The second kappa shape index (κ2) is 9.50. The van der Waals surface area contributed by atoms with E-state index in [1.165, 1.54) is 6.39 Å². The van der Waals surface area contributed by atoms with E-state index >= 15 is 0 Å². The number of carbonyl (C=O) groups is 1. The van der Waals surface area contributed by atoms with Gasteiger partial charge < -0.3 is 24.2 Å². The molecule has 2 atom stereocenters. The number of oxazole rings is 1. The number of hydrogen-bond acceptors (Lipinski definition) is 7. The molecule has 0 fully saturated rings. The van der Waals surface area contributed by atoms with Gasteiger partial charge in [-0.3, -0.25) is 9.69 Å². The maximum Gasteiger partial charge on any atom is 0.407 e. The first-order valence-electron chi connectivity index (χ1n) is 11.8. The Morgan fingerprint density at radius 2 is 2.08 bits per heavy atom. The standard InChI is InChI=1S/C27H28N4O5/c1-5-29-27(33)36-24-9-15-6-7-16(8-17(15)26(24)31(2)3)20-11-22(32)18-10-19(25-13-28-14-35-25)23(34-4)12-21(18)30-20/h6-8,10-14,24,26H,5,9H2,1-4H3,(H,29,33)(H,30,32)/t24-,26-/m1/s1. The van der Waals surface area contributed by atoms with Crippen LogP contribution in [0.1, 0.15) is 24.1 Å². The Morgan fingerprint density at radius 3 is 2.78 bits per heavy atom. The summed E-state index contributed by atoms with van der Waals surface area (Å²) in [6, 6.07) is 11.1. The second-order valence-corrected chi connectivity index (χ2v) is 9.01. The van der Waals surface area contributed by atoms with Crippen molar-refractivity contribution in [2.75, 3.05) is 27.7 Å². The van der Waals surface area contributed by atoms with Gasteiger partial charge in [-0.1, -0.05) is 12.1 Å². The number of aromatic amines is 1. The number of rotatable bonds is 6. The number of amides is 1. The predicted molar refractivity (Wildman–Crippen MR) is 136 cm³/mol. The number of pyridine rings is 1. The highest BCUT2D eigenvalue weighted by Gasteiger charge is 2.37. The Kier molecular flexibility index (Phi) is 6.24. The molecule has 1 aliphatic carbocycles. The molecule has 0 aliphatic heterocycles. The van der Waals surface area contributed by atoms with Crippen molar-refractivity contribution < 1.29 is 18.7 Å². The number of alkyl carbamates (subject to hydrolysis) is 1. The third-order valence-corrected chi connectivity index (χ3v) is 6.53. The minimum Gasteiger partial charge on any atom is -0.496 e. The van der Waals surface area contributed by atoms with Gasteiger partial charge in [-0.05, 0) is 49.8 Å². The summed E-state index contributed by atoms with van der Waals surface area (Å²) in [5.41, 5.74) is 4.94.